The van der Waals surface area contributed by atoms with Gasteiger partial charge in [0.2, 0.25) is 0 Å². The fourth-order valence-corrected chi connectivity index (χ4v) is 3.24. The van der Waals surface area contributed by atoms with Crippen molar-refractivity contribution in [2.24, 2.45) is 5.92 Å². The maximum atomic E-state index is 12.5. The van der Waals surface area contributed by atoms with Crippen molar-refractivity contribution in [1.82, 2.24) is 0 Å². The molecule has 0 aliphatic heterocycles. The number of unbranched alkanes of at least 4 members (excludes halogenated alkanes) is 4. The molecule has 0 saturated heterocycles. The summed E-state index contributed by atoms with van der Waals surface area (Å²) in [5, 5.41) is 2.92. The maximum Gasteiger partial charge on any atom is 0.255 e. The monoisotopic (exact) mass is 461 g/mol. The molecule has 5 heteroatoms. The summed E-state index contributed by atoms with van der Waals surface area (Å²) in [5.41, 5.74) is 1.31. The number of anilines is 1. The van der Waals surface area contributed by atoms with Crippen LogP contribution in [0.25, 0.3) is 0 Å². The van der Waals surface area contributed by atoms with Crippen LogP contribution in [0, 0.1) is 5.92 Å². The van der Waals surface area contributed by atoms with Crippen LogP contribution in [-0.2, 0) is 0 Å². The molecule has 29 heavy (non-hydrogen) atoms. The molecule has 1 N–H and O–H groups in total. The van der Waals surface area contributed by atoms with Crippen molar-refractivity contribution in [3.8, 4) is 11.5 Å². The van der Waals surface area contributed by atoms with Crippen molar-refractivity contribution < 1.29 is 14.3 Å². The summed E-state index contributed by atoms with van der Waals surface area (Å²) < 4.78 is 12.3. The molecule has 0 aromatic heterocycles. The van der Waals surface area contributed by atoms with Gasteiger partial charge in [-0.2, -0.15) is 0 Å². The molecular formula is C24H32BrNO3. The van der Waals surface area contributed by atoms with Gasteiger partial charge >= 0.3 is 0 Å². The lowest BCUT2D eigenvalue weighted by Gasteiger charge is -2.12. The van der Waals surface area contributed by atoms with Crippen molar-refractivity contribution in [2.75, 3.05) is 18.5 Å². The second-order valence-electron chi connectivity index (χ2n) is 7.59. The zero-order valence-corrected chi connectivity index (χ0v) is 19.3. The number of ether oxygens (including phenoxy) is 2. The average molecular weight is 462 g/mol. The Morgan fingerprint density at radius 2 is 1.72 bits per heavy atom. The summed E-state index contributed by atoms with van der Waals surface area (Å²) >= 11 is 3.48. The summed E-state index contributed by atoms with van der Waals surface area (Å²) in [7, 11) is 0. The van der Waals surface area contributed by atoms with E-state index < -0.39 is 0 Å². The Labute approximate surface area is 183 Å². The highest BCUT2D eigenvalue weighted by molar-refractivity contribution is 9.10. The SMILES string of the molecule is CCCCCCCOc1ccc(NC(=O)c2ccc(OCC(C)C)c(Br)c2)cc1. The number of nitrogens with one attached hydrogen (secondary N) is 1. The summed E-state index contributed by atoms with van der Waals surface area (Å²) in [6.45, 7) is 7.78. The Morgan fingerprint density at radius 1 is 1.00 bits per heavy atom. The molecule has 2 rings (SSSR count). The third kappa shape index (κ3) is 8.48. The van der Waals surface area contributed by atoms with E-state index in [0.717, 1.165) is 34.7 Å². The van der Waals surface area contributed by atoms with Crippen LogP contribution in [0.15, 0.2) is 46.9 Å². The van der Waals surface area contributed by atoms with Crippen LogP contribution in [0.3, 0.4) is 0 Å². The molecule has 0 atom stereocenters. The van der Waals surface area contributed by atoms with Gasteiger partial charge in [-0.3, -0.25) is 4.79 Å². The zero-order chi connectivity index (χ0) is 21.1. The summed E-state index contributed by atoms with van der Waals surface area (Å²) in [6, 6.07) is 12.9. The van der Waals surface area contributed by atoms with Crippen molar-refractivity contribution in [2.45, 2.75) is 52.9 Å². The summed E-state index contributed by atoms with van der Waals surface area (Å²) in [6.07, 6.45) is 6.09. The van der Waals surface area contributed by atoms with E-state index in [-0.39, 0.29) is 5.91 Å². The normalized spacial score (nSPS) is 10.8. The first kappa shape index (κ1) is 23.3. The smallest absolute Gasteiger partial charge is 0.255 e. The number of carbonyl (C=O) groups excluding carboxylic acids is 1. The Balaban J connectivity index is 1.83. The van der Waals surface area contributed by atoms with E-state index in [1.54, 1.807) is 12.1 Å². The van der Waals surface area contributed by atoms with Gasteiger partial charge < -0.3 is 14.8 Å². The highest BCUT2D eigenvalue weighted by atomic mass is 79.9. The summed E-state index contributed by atoms with van der Waals surface area (Å²) in [4.78, 5) is 12.5. The third-order valence-electron chi connectivity index (χ3n) is 4.40. The highest BCUT2D eigenvalue weighted by Gasteiger charge is 2.10. The molecule has 2 aromatic carbocycles. The average Bonchev–Trinajstić information content (AvgIpc) is 2.70. The quantitative estimate of drug-likeness (QED) is 0.343. The maximum absolute atomic E-state index is 12.5. The van der Waals surface area contributed by atoms with Crippen molar-refractivity contribution in [3.05, 3.63) is 52.5 Å². The topological polar surface area (TPSA) is 47.6 Å². The minimum Gasteiger partial charge on any atom is -0.494 e. The van der Waals surface area contributed by atoms with E-state index in [1.807, 2.05) is 30.3 Å². The number of hydrogen-bond donors (Lipinski definition) is 1. The number of amides is 1. The fraction of sp³-hybridized carbons (Fsp3) is 0.458. The number of rotatable bonds is 12. The first-order valence-corrected chi connectivity index (χ1v) is 11.3. The molecule has 1 amide bonds. The van der Waals surface area contributed by atoms with Crippen LogP contribution in [0.4, 0.5) is 5.69 Å². The Kier molecular flexibility index (Phi) is 10.1. The lowest BCUT2D eigenvalue weighted by molar-refractivity contribution is 0.102. The highest BCUT2D eigenvalue weighted by Crippen LogP contribution is 2.27. The zero-order valence-electron chi connectivity index (χ0n) is 17.7. The van der Waals surface area contributed by atoms with Gasteiger partial charge in [-0.25, -0.2) is 0 Å². The minimum absolute atomic E-state index is 0.161. The lowest BCUT2D eigenvalue weighted by atomic mass is 10.2. The van der Waals surface area contributed by atoms with Gasteiger partial charge in [0.1, 0.15) is 11.5 Å². The molecule has 4 nitrogen and oxygen atoms in total. The van der Waals surface area contributed by atoms with Gasteiger partial charge in [0, 0.05) is 11.3 Å². The van der Waals surface area contributed by atoms with Crippen molar-refractivity contribution in [3.63, 3.8) is 0 Å². The molecule has 0 aliphatic carbocycles. The van der Waals surface area contributed by atoms with Crippen LogP contribution in [0.1, 0.15) is 63.2 Å². The van der Waals surface area contributed by atoms with Gasteiger partial charge in [-0.15, -0.1) is 0 Å². The Bertz CT molecular complexity index is 759. The molecule has 0 fully saturated rings. The number of halogens is 1. The fourth-order valence-electron chi connectivity index (χ4n) is 2.75. The van der Waals surface area contributed by atoms with Crippen LogP contribution < -0.4 is 14.8 Å². The van der Waals surface area contributed by atoms with Gasteiger partial charge in [0.25, 0.3) is 5.91 Å². The molecule has 158 valence electrons. The second-order valence-corrected chi connectivity index (χ2v) is 8.45. The molecule has 2 aromatic rings. The second kappa shape index (κ2) is 12.5. The van der Waals surface area contributed by atoms with E-state index >= 15 is 0 Å². The number of hydrogen-bond acceptors (Lipinski definition) is 3. The van der Waals surface area contributed by atoms with Crippen molar-refractivity contribution in [1.29, 1.82) is 0 Å². The molecule has 0 unspecified atom stereocenters. The van der Waals surface area contributed by atoms with Crippen LogP contribution >= 0.6 is 15.9 Å². The first-order valence-electron chi connectivity index (χ1n) is 10.5. The third-order valence-corrected chi connectivity index (χ3v) is 5.01. The minimum atomic E-state index is -0.161. The molecule has 0 saturated carbocycles. The molecule has 0 heterocycles. The van der Waals surface area contributed by atoms with E-state index in [1.165, 1.54) is 25.7 Å². The number of benzene rings is 2. The standard InChI is InChI=1S/C24H32BrNO3/c1-4-5-6-7-8-15-28-21-12-10-20(11-13-21)26-24(27)19-9-14-23(22(25)16-19)29-17-18(2)3/h9-14,16,18H,4-8,15,17H2,1-3H3,(H,26,27). The van der Waals surface area contributed by atoms with Gasteiger partial charge in [0.05, 0.1) is 17.7 Å². The predicted molar refractivity (Wildman–Crippen MR) is 123 cm³/mol. The largest absolute Gasteiger partial charge is 0.494 e. The van der Waals surface area contributed by atoms with E-state index in [9.17, 15) is 4.79 Å². The van der Waals surface area contributed by atoms with Crippen molar-refractivity contribution >= 4 is 27.5 Å². The summed E-state index contributed by atoms with van der Waals surface area (Å²) in [5.74, 6) is 1.85. The van der Waals surface area contributed by atoms with Crippen LogP contribution in [-0.4, -0.2) is 19.1 Å². The van der Waals surface area contributed by atoms with Crippen LogP contribution in [0.5, 0.6) is 11.5 Å². The van der Waals surface area contributed by atoms with E-state index in [2.05, 4.69) is 42.0 Å². The van der Waals surface area contributed by atoms with Gasteiger partial charge in [0.15, 0.2) is 0 Å². The molecule has 0 spiro atoms. The van der Waals surface area contributed by atoms with Gasteiger partial charge in [-0.1, -0.05) is 46.5 Å². The number of carbonyl (C=O) groups is 1. The first-order chi connectivity index (χ1) is 14.0. The molecule has 0 radical (unpaired) electrons. The van der Waals surface area contributed by atoms with E-state index in [0.29, 0.717) is 18.1 Å². The lowest BCUT2D eigenvalue weighted by Crippen LogP contribution is -2.12. The van der Waals surface area contributed by atoms with E-state index in [4.69, 9.17) is 9.47 Å². The molecule has 0 bridgehead atoms. The molecule has 0 aliphatic rings. The Morgan fingerprint density at radius 3 is 2.38 bits per heavy atom. The predicted octanol–water partition coefficient (Wildman–Crippen LogP) is 7.09. The van der Waals surface area contributed by atoms with Crippen LogP contribution in [0.2, 0.25) is 0 Å². The van der Waals surface area contributed by atoms with Gasteiger partial charge in [-0.05, 0) is 70.7 Å². The Hall–Kier alpha value is -2.01. The molecular weight excluding hydrogens is 430 g/mol.